The Morgan fingerprint density at radius 1 is 1.35 bits per heavy atom. The lowest BCUT2D eigenvalue weighted by Crippen LogP contribution is -2.53. The van der Waals surface area contributed by atoms with Crippen LogP contribution >= 0.6 is 11.8 Å². The molecule has 1 N–H and O–H groups in total. The maximum Gasteiger partial charge on any atom is 0.254 e. The lowest BCUT2D eigenvalue weighted by atomic mass is 9.86. The number of benzene rings is 1. The van der Waals surface area contributed by atoms with E-state index in [0.29, 0.717) is 19.5 Å². The first-order valence-corrected chi connectivity index (χ1v) is 9.17. The fraction of sp³-hybridized carbons (Fsp3) is 0.444. The highest BCUT2D eigenvalue weighted by molar-refractivity contribution is 7.99. The van der Waals surface area contributed by atoms with Crippen molar-refractivity contribution in [2.24, 2.45) is 0 Å². The van der Waals surface area contributed by atoms with Gasteiger partial charge in [-0.3, -0.25) is 9.59 Å². The summed E-state index contributed by atoms with van der Waals surface area (Å²) in [4.78, 5) is 27.1. The Morgan fingerprint density at radius 2 is 2.09 bits per heavy atom. The van der Waals surface area contributed by atoms with E-state index in [9.17, 15) is 9.59 Å². The van der Waals surface area contributed by atoms with Crippen LogP contribution in [0, 0.1) is 0 Å². The van der Waals surface area contributed by atoms with Gasteiger partial charge in [-0.25, -0.2) is 0 Å². The molecule has 0 aliphatic carbocycles. The summed E-state index contributed by atoms with van der Waals surface area (Å²) < 4.78 is 0. The van der Waals surface area contributed by atoms with Crippen molar-refractivity contribution in [3.63, 3.8) is 0 Å². The summed E-state index contributed by atoms with van der Waals surface area (Å²) in [6.07, 6.45) is 3.80. The average molecular weight is 330 g/mol. The molecule has 0 aromatic heterocycles. The number of thioether (sulfide) groups is 1. The zero-order valence-corrected chi connectivity index (χ0v) is 14.0. The van der Waals surface area contributed by atoms with E-state index in [0.717, 1.165) is 35.5 Å². The second-order valence-electron chi connectivity index (χ2n) is 6.15. The minimum absolute atomic E-state index is 0.000515. The molecule has 0 spiro atoms. The smallest absolute Gasteiger partial charge is 0.254 e. The van der Waals surface area contributed by atoms with Gasteiger partial charge in [0.05, 0.1) is 5.54 Å². The number of hydrogen-bond acceptors (Lipinski definition) is 3. The first-order chi connectivity index (χ1) is 11.2. The predicted octanol–water partition coefficient (Wildman–Crippen LogP) is 2.60. The fourth-order valence-electron chi connectivity index (χ4n) is 3.48. The molecule has 1 aromatic rings. The first-order valence-electron chi connectivity index (χ1n) is 8.01. The molecule has 0 unspecified atom stereocenters. The van der Waals surface area contributed by atoms with Crippen LogP contribution in [0.5, 0.6) is 0 Å². The Morgan fingerprint density at radius 3 is 2.78 bits per heavy atom. The molecule has 0 atom stereocenters. The minimum atomic E-state index is -0.355. The van der Waals surface area contributed by atoms with E-state index in [4.69, 9.17) is 0 Å². The normalized spacial score (nSPS) is 19.3. The Kier molecular flexibility index (Phi) is 4.76. The summed E-state index contributed by atoms with van der Waals surface area (Å²) in [7, 11) is 0. The third-order valence-corrected chi connectivity index (χ3v) is 5.74. The van der Waals surface area contributed by atoms with Crippen molar-refractivity contribution in [3.05, 3.63) is 48.0 Å². The number of nitrogens with zero attached hydrogens (tertiary/aromatic N) is 1. The Hall–Kier alpha value is -1.75. The first kappa shape index (κ1) is 16.1. The molecule has 1 aromatic carbocycles. The Balaban J connectivity index is 1.84. The summed E-state index contributed by atoms with van der Waals surface area (Å²) in [5.41, 5.74) is 1.50. The lowest BCUT2D eigenvalue weighted by molar-refractivity contribution is -0.123. The van der Waals surface area contributed by atoms with Crippen LogP contribution in [0.2, 0.25) is 0 Å². The molecule has 0 bridgehead atoms. The van der Waals surface area contributed by atoms with Crippen LogP contribution in [0.3, 0.4) is 0 Å². The zero-order chi connectivity index (χ0) is 16.3. The number of hydrogen-bond donors (Lipinski definition) is 1. The summed E-state index contributed by atoms with van der Waals surface area (Å²) >= 11 is 1.90. The lowest BCUT2D eigenvalue weighted by Gasteiger charge is -2.44. The molecule has 1 saturated heterocycles. The second-order valence-corrected chi connectivity index (χ2v) is 7.38. The molecule has 5 heteroatoms. The highest BCUT2D eigenvalue weighted by atomic mass is 32.2. The van der Waals surface area contributed by atoms with Gasteiger partial charge >= 0.3 is 0 Å². The third kappa shape index (κ3) is 3.15. The van der Waals surface area contributed by atoms with Crippen molar-refractivity contribution in [1.82, 2.24) is 10.2 Å². The number of amides is 2. The molecule has 3 rings (SSSR count). The van der Waals surface area contributed by atoms with E-state index in [2.05, 4.69) is 11.9 Å². The molecule has 2 heterocycles. The van der Waals surface area contributed by atoms with Gasteiger partial charge in [0.15, 0.2) is 0 Å². The summed E-state index contributed by atoms with van der Waals surface area (Å²) in [5, 5.41) is 2.86. The topological polar surface area (TPSA) is 49.4 Å². The molecule has 1 fully saturated rings. The maximum atomic E-state index is 12.9. The van der Waals surface area contributed by atoms with Gasteiger partial charge in [0, 0.05) is 25.1 Å². The highest BCUT2D eigenvalue weighted by Gasteiger charge is 2.45. The molecule has 2 amide bonds. The van der Waals surface area contributed by atoms with Crippen LogP contribution in [0.25, 0.3) is 0 Å². The van der Waals surface area contributed by atoms with Crippen LogP contribution in [0.15, 0.2) is 36.9 Å². The van der Waals surface area contributed by atoms with E-state index in [1.165, 1.54) is 0 Å². The number of fused-ring (bicyclic) bond motifs is 1. The molecule has 122 valence electrons. The van der Waals surface area contributed by atoms with Gasteiger partial charge in [0.1, 0.15) is 0 Å². The van der Waals surface area contributed by atoms with Crippen molar-refractivity contribution in [2.45, 2.75) is 31.3 Å². The SMILES string of the molecule is C=CCNC(=O)CC1(N2Cc3ccccc3C2=O)CCSCC1. The Labute approximate surface area is 141 Å². The molecule has 2 aliphatic heterocycles. The summed E-state index contributed by atoms with van der Waals surface area (Å²) in [6.45, 7) is 4.72. The van der Waals surface area contributed by atoms with Crippen LogP contribution in [-0.4, -0.2) is 40.3 Å². The Bertz CT molecular complexity index is 623. The molecule has 0 radical (unpaired) electrons. The summed E-state index contributed by atoms with van der Waals surface area (Å²) in [5.74, 6) is 2.06. The fourth-order valence-corrected chi connectivity index (χ4v) is 4.73. The predicted molar refractivity (Wildman–Crippen MR) is 93.4 cm³/mol. The zero-order valence-electron chi connectivity index (χ0n) is 13.2. The van der Waals surface area contributed by atoms with Gasteiger partial charge in [0.2, 0.25) is 5.91 Å². The van der Waals surface area contributed by atoms with E-state index in [1.807, 2.05) is 40.9 Å². The van der Waals surface area contributed by atoms with Crippen LogP contribution < -0.4 is 5.32 Å². The largest absolute Gasteiger partial charge is 0.353 e. The van der Waals surface area contributed by atoms with E-state index < -0.39 is 0 Å². The van der Waals surface area contributed by atoms with Gasteiger partial charge in [-0.05, 0) is 36.0 Å². The minimum Gasteiger partial charge on any atom is -0.353 e. The van der Waals surface area contributed by atoms with Crippen LogP contribution in [0.1, 0.15) is 35.2 Å². The molecule has 4 nitrogen and oxygen atoms in total. The number of nitrogens with one attached hydrogen (secondary N) is 1. The van der Waals surface area contributed by atoms with E-state index >= 15 is 0 Å². The van der Waals surface area contributed by atoms with Gasteiger partial charge in [-0.1, -0.05) is 24.3 Å². The van der Waals surface area contributed by atoms with Crippen LogP contribution in [0.4, 0.5) is 0 Å². The van der Waals surface area contributed by atoms with Gasteiger partial charge < -0.3 is 10.2 Å². The molecule has 0 saturated carbocycles. The quantitative estimate of drug-likeness (QED) is 0.844. The second kappa shape index (κ2) is 6.79. The van der Waals surface area contributed by atoms with Crippen molar-refractivity contribution in [2.75, 3.05) is 18.1 Å². The maximum absolute atomic E-state index is 12.9. The average Bonchev–Trinajstić information content (AvgIpc) is 2.92. The van der Waals surface area contributed by atoms with Crippen LogP contribution in [-0.2, 0) is 11.3 Å². The van der Waals surface area contributed by atoms with Crippen molar-refractivity contribution in [1.29, 1.82) is 0 Å². The highest BCUT2D eigenvalue weighted by Crippen LogP contribution is 2.40. The third-order valence-electron chi connectivity index (χ3n) is 4.75. The van der Waals surface area contributed by atoms with Gasteiger partial charge in [-0.2, -0.15) is 11.8 Å². The number of carbonyl (C=O) groups excluding carboxylic acids is 2. The molecular formula is C18H22N2O2S. The van der Waals surface area contributed by atoms with E-state index in [1.54, 1.807) is 6.08 Å². The van der Waals surface area contributed by atoms with Crippen molar-refractivity contribution in [3.8, 4) is 0 Å². The van der Waals surface area contributed by atoms with Crippen molar-refractivity contribution >= 4 is 23.6 Å². The number of rotatable bonds is 5. The molecule has 2 aliphatic rings. The van der Waals surface area contributed by atoms with Crippen molar-refractivity contribution < 1.29 is 9.59 Å². The standard InChI is InChI=1S/C18H22N2O2S/c1-2-9-19-16(21)12-18(7-10-23-11-8-18)20-13-14-5-3-4-6-15(14)17(20)22/h2-6H,1,7-13H2,(H,19,21). The monoisotopic (exact) mass is 330 g/mol. The van der Waals surface area contributed by atoms with E-state index in [-0.39, 0.29) is 17.4 Å². The number of carbonyl (C=O) groups is 2. The molecular weight excluding hydrogens is 308 g/mol. The molecule has 23 heavy (non-hydrogen) atoms. The van der Waals surface area contributed by atoms with Gasteiger partial charge in [-0.15, -0.1) is 6.58 Å². The summed E-state index contributed by atoms with van der Waals surface area (Å²) in [6, 6.07) is 7.77. The van der Waals surface area contributed by atoms with Gasteiger partial charge in [0.25, 0.3) is 5.91 Å².